The number of amides is 2. The summed E-state index contributed by atoms with van der Waals surface area (Å²) in [5.41, 5.74) is 8.93. The first-order chi connectivity index (χ1) is 8.97. The zero-order valence-electron chi connectivity index (χ0n) is 11.2. The Kier molecular flexibility index (Phi) is 3.74. The third-order valence-electron chi connectivity index (χ3n) is 3.46. The normalized spacial score (nSPS) is 18.8. The van der Waals surface area contributed by atoms with Crippen LogP contribution in [-0.2, 0) is 4.79 Å². The standard InChI is InChI=1S/C14H19N3O2/c1-8-5-9(2)12(15)6-11(8)14(19)17-10-3-4-13(18)16-7-10/h5-6,10H,3-4,7,15H2,1-2H3,(H,16,18)(H,17,19). The lowest BCUT2D eigenvalue weighted by Crippen LogP contribution is -2.47. The van der Waals surface area contributed by atoms with Gasteiger partial charge in [-0.15, -0.1) is 0 Å². The first-order valence-electron chi connectivity index (χ1n) is 6.41. The van der Waals surface area contributed by atoms with Crippen molar-refractivity contribution in [3.05, 3.63) is 28.8 Å². The molecule has 0 radical (unpaired) electrons. The third kappa shape index (κ3) is 3.05. The number of nitrogens with two attached hydrogens (primary N) is 1. The van der Waals surface area contributed by atoms with Crippen LogP contribution < -0.4 is 16.4 Å². The lowest BCUT2D eigenvalue weighted by molar-refractivity contribution is -0.122. The van der Waals surface area contributed by atoms with E-state index in [2.05, 4.69) is 10.6 Å². The van der Waals surface area contributed by atoms with Gasteiger partial charge in [-0.25, -0.2) is 0 Å². The summed E-state index contributed by atoms with van der Waals surface area (Å²) in [4.78, 5) is 23.3. The Balaban J connectivity index is 2.08. The van der Waals surface area contributed by atoms with Crippen LogP contribution >= 0.6 is 0 Å². The summed E-state index contributed by atoms with van der Waals surface area (Å²) in [6.07, 6.45) is 1.14. The van der Waals surface area contributed by atoms with Crippen LogP contribution in [0.4, 0.5) is 5.69 Å². The van der Waals surface area contributed by atoms with Crippen LogP contribution in [0, 0.1) is 13.8 Å². The first kappa shape index (κ1) is 13.4. The molecule has 102 valence electrons. The summed E-state index contributed by atoms with van der Waals surface area (Å²) >= 11 is 0. The van der Waals surface area contributed by atoms with E-state index in [0.29, 0.717) is 30.6 Å². The number of piperidine rings is 1. The van der Waals surface area contributed by atoms with Crippen molar-refractivity contribution in [1.29, 1.82) is 0 Å². The highest BCUT2D eigenvalue weighted by molar-refractivity contribution is 5.97. The van der Waals surface area contributed by atoms with Crippen LogP contribution in [0.2, 0.25) is 0 Å². The summed E-state index contributed by atoms with van der Waals surface area (Å²) in [5, 5.41) is 5.68. The summed E-state index contributed by atoms with van der Waals surface area (Å²) in [7, 11) is 0. The Hall–Kier alpha value is -2.04. The van der Waals surface area contributed by atoms with E-state index < -0.39 is 0 Å². The zero-order valence-corrected chi connectivity index (χ0v) is 11.2. The van der Waals surface area contributed by atoms with Gasteiger partial charge >= 0.3 is 0 Å². The maximum Gasteiger partial charge on any atom is 0.251 e. The molecule has 1 fully saturated rings. The van der Waals surface area contributed by atoms with Crippen molar-refractivity contribution < 1.29 is 9.59 Å². The fraction of sp³-hybridized carbons (Fsp3) is 0.429. The SMILES string of the molecule is Cc1cc(C)c(C(=O)NC2CCC(=O)NC2)cc1N. The number of benzene rings is 1. The van der Waals surface area contributed by atoms with Crippen molar-refractivity contribution in [1.82, 2.24) is 10.6 Å². The first-order valence-corrected chi connectivity index (χ1v) is 6.41. The van der Waals surface area contributed by atoms with E-state index in [0.717, 1.165) is 11.1 Å². The Morgan fingerprint density at radius 2 is 2.11 bits per heavy atom. The minimum absolute atomic E-state index is 0.00729. The van der Waals surface area contributed by atoms with E-state index in [4.69, 9.17) is 5.73 Å². The van der Waals surface area contributed by atoms with Gasteiger partial charge in [-0.2, -0.15) is 0 Å². The van der Waals surface area contributed by atoms with Crippen LogP contribution in [0.3, 0.4) is 0 Å². The Morgan fingerprint density at radius 3 is 2.74 bits per heavy atom. The third-order valence-corrected chi connectivity index (χ3v) is 3.46. The number of carbonyl (C=O) groups excluding carboxylic acids is 2. The summed E-state index contributed by atoms with van der Waals surface area (Å²) in [6.45, 7) is 4.30. The molecular weight excluding hydrogens is 242 g/mol. The molecule has 5 heteroatoms. The van der Waals surface area contributed by atoms with Crippen molar-refractivity contribution >= 4 is 17.5 Å². The number of rotatable bonds is 2. The minimum atomic E-state index is -0.134. The van der Waals surface area contributed by atoms with Gasteiger partial charge in [-0.05, 0) is 37.5 Å². The molecule has 1 aliphatic heterocycles. The average molecular weight is 261 g/mol. The van der Waals surface area contributed by atoms with E-state index in [1.807, 2.05) is 19.9 Å². The molecule has 1 heterocycles. The fourth-order valence-corrected chi connectivity index (χ4v) is 2.23. The van der Waals surface area contributed by atoms with Crippen molar-refractivity contribution in [2.45, 2.75) is 32.7 Å². The van der Waals surface area contributed by atoms with Gasteiger partial charge in [-0.3, -0.25) is 9.59 Å². The second-order valence-corrected chi connectivity index (χ2v) is 5.04. The van der Waals surface area contributed by atoms with Crippen LogP contribution in [0.15, 0.2) is 12.1 Å². The molecule has 4 N–H and O–H groups in total. The molecule has 1 aromatic rings. The number of carbonyl (C=O) groups is 2. The Labute approximate surface area is 112 Å². The highest BCUT2D eigenvalue weighted by Gasteiger charge is 2.21. The van der Waals surface area contributed by atoms with E-state index in [-0.39, 0.29) is 17.9 Å². The van der Waals surface area contributed by atoms with Gasteiger partial charge in [0.05, 0.1) is 0 Å². The molecule has 1 aromatic carbocycles. The molecule has 2 rings (SSSR count). The number of hydrogen-bond acceptors (Lipinski definition) is 3. The summed E-state index contributed by atoms with van der Waals surface area (Å²) < 4.78 is 0. The molecule has 0 bridgehead atoms. The molecule has 19 heavy (non-hydrogen) atoms. The predicted molar refractivity (Wildman–Crippen MR) is 73.8 cm³/mol. The zero-order chi connectivity index (χ0) is 14.0. The van der Waals surface area contributed by atoms with Gasteiger partial charge in [0, 0.05) is 30.3 Å². The molecule has 1 saturated heterocycles. The molecule has 0 aliphatic carbocycles. The highest BCUT2D eigenvalue weighted by atomic mass is 16.2. The Bertz CT molecular complexity index is 516. The average Bonchev–Trinajstić information content (AvgIpc) is 2.36. The van der Waals surface area contributed by atoms with Gasteiger partial charge < -0.3 is 16.4 Å². The Morgan fingerprint density at radius 1 is 1.37 bits per heavy atom. The number of hydrogen-bond donors (Lipinski definition) is 3. The van der Waals surface area contributed by atoms with E-state index >= 15 is 0 Å². The van der Waals surface area contributed by atoms with Gasteiger partial charge in [-0.1, -0.05) is 6.07 Å². The van der Waals surface area contributed by atoms with E-state index in [9.17, 15) is 9.59 Å². The quantitative estimate of drug-likeness (QED) is 0.691. The lowest BCUT2D eigenvalue weighted by Gasteiger charge is -2.24. The number of nitrogen functional groups attached to an aromatic ring is 1. The summed E-state index contributed by atoms with van der Waals surface area (Å²) in [5.74, 6) is -0.0911. The van der Waals surface area contributed by atoms with Crippen LogP contribution in [0.5, 0.6) is 0 Å². The molecule has 2 amide bonds. The van der Waals surface area contributed by atoms with E-state index in [1.54, 1.807) is 6.07 Å². The second kappa shape index (κ2) is 5.30. The number of anilines is 1. The second-order valence-electron chi connectivity index (χ2n) is 5.04. The fourth-order valence-electron chi connectivity index (χ4n) is 2.23. The number of nitrogens with one attached hydrogen (secondary N) is 2. The maximum absolute atomic E-state index is 12.2. The monoisotopic (exact) mass is 261 g/mol. The molecule has 1 aliphatic rings. The molecular formula is C14H19N3O2. The van der Waals surface area contributed by atoms with E-state index in [1.165, 1.54) is 0 Å². The highest BCUT2D eigenvalue weighted by Crippen LogP contribution is 2.18. The van der Waals surface area contributed by atoms with Gasteiger partial charge in [0.25, 0.3) is 5.91 Å². The smallest absolute Gasteiger partial charge is 0.251 e. The summed E-state index contributed by atoms with van der Waals surface area (Å²) in [6, 6.07) is 3.61. The largest absolute Gasteiger partial charge is 0.398 e. The molecule has 1 atom stereocenters. The van der Waals surface area contributed by atoms with Crippen LogP contribution in [-0.4, -0.2) is 24.4 Å². The van der Waals surface area contributed by atoms with Crippen molar-refractivity contribution in [3.8, 4) is 0 Å². The molecule has 0 aromatic heterocycles. The van der Waals surface area contributed by atoms with Crippen LogP contribution in [0.25, 0.3) is 0 Å². The molecule has 1 unspecified atom stereocenters. The van der Waals surface area contributed by atoms with Gasteiger partial charge in [0.2, 0.25) is 5.91 Å². The van der Waals surface area contributed by atoms with Crippen molar-refractivity contribution in [2.75, 3.05) is 12.3 Å². The van der Waals surface area contributed by atoms with Gasteiger partial charge in [0.1, 0.15) is 0 Å². The minimum Gasteiger partial charge on any atom is -0.398 e. The van der Waals surface area contributed by atoms with Gasteiger partial charge in [0.15, 0.2) is 0 Å². The lowest BCUT2D eigenvalue weighted by atomic mass is 10.0. The topological polar surface area (TPSA) is 84.2 Å². The maximum atomic E-state index is 12.2. The number of aryl methyl sites for hydroxylation is 2. The van der Waals surface area contributed by atoms with Crippen molar-refractivity contribution in [2.24, 2.45) is 0 Å². The van der Waals surface area contributed by atoms with Crippen molar-refractivity contribution in [3.63, 3.8) is 0 Å². The molecule has 0 saturated carbocycles. The molecule has 5 nitrogen and oxygen atoms in total. The predicted octanol–water partition coefficient (Wildman–Crippen LogP) is 0.894. The molecule has 0 spiro atoms. The van der Waals surface area contributed by atoms with Crippen LogP contribution in [0.1, 0.15) is 34.3 Å².